The average Bonchev–Trinajstić information content (AvgIpc) is 3.27. The molecule has 0 unspecified atom stereocenters. The molecule has 7 heteroatoms. The van der Waals surface area contributed by atoms with Crippen LogP contribution in [0.25, 0.3) is 0 Å². The van der Waals surface area contributed by atoms with Crippen molar-refractivity contribution in [2.45, 2.75) is 39.8 Å². The monoisotopic (exact) mass is 462 g/mol. The van der Waals surface area contributed by atoms with Crippen LogP contribution in [-0.4, -0.2) is 59.5 Å². The third kappa shape index (κ3) is 4.53. The summed E-state index contributed by atoms with van der Waals surface area (Å²) < 4.78 is 11.2. The number of carbonyl (C=O) groups excluding carboxylic acids is 1. The molecule has 0 bridgehead atoms. The van der Waals surface area contributed by atoms with Gasteiger partial charge in [-0.25, -0.2) is 4.98 Å². The minimum atomic E-state index is 0.0175. The molecule has 34 heavy (non-hydrogen) atoms. The predicted molar refractivity (Wildman–Crippen MR) is 133 cm³/mol. The Morgan fingerprint density at radius 1 is 1.12 bits per heavy atom. The Morgan fingerprint density at radius 2 is 1.79 bits per heavy atom. The van der Waals surface area contributed by atoms with Crippen LogP contribution in [0.15, 0.2) is 42.7 Å². The van der Waals surface area contributed by atoms with E-state index in [2.05, 4.69) is 39.1 Å². The van der Waals surface area contributed by atoms with E-state index in [0.717, 1.165) is 48.0 Å². The third-order valence-electron chi connectivity index (χ3n) is 6.79. The van der Waals surface area contributed by atoms with Crippen LogP contribution in [-0.2, 0) is 13.0 Å². The first kappa shape index (κ1) is 23.8. The fourth-order valence-electron chi connectivity index (χ4n) is 4.81. The van der Waals surface area contributed by atoms with Gasteiger partial charge in [-0.15, -0.1) is 0 Å². The van der Waals surface area contributed by atoms with Gasteiger partial charge in [0.05, 0.1) is 38.0 Å². The SMILES string of the molecule is CCN(CC)C(=O)c1ccc([C@@H]2c3cc(OC)c(OC)cc3CCN2Cc2[nH]cnc2C)cc1. The number of ether oxygens (including phenoxy) is 2. The fourth-order valence-corrected chi connectivity index (χ4v) is 4.81. The van der Waals surface area contributed by atoms with E-state index in [1.165, 1.54) is 11.1 Å². The molecule has 0 fully saturated rings. The number of imidazole rings is 1. The van der Waals surface area contributed by atoms with Crippen LogP contribution in [0.4, 0.5) is 0 Å². The predicted octanol–water partition coefficient (Wildman–Crippen LogP) is 4.37. The summed E-state index contributed by atoms with van der Waals surface area (Å²) >= 11 is 0. The van der Waals surface area contributed by atoms with Crippen molar-refractivity contribution < 1.29 is 14.3 Å². The smallest absolute Gasteiger partial charge is 0.253 e. The van der Waals surface area contributed by atoms with E-state index in [9.17, 15) is 4.79 Å². The highest BCUT2D eigenvalue weighted by atomic mass is 16.5. The highest BCUT2D eigenvalue weighted by Crippen LogP contribution is 2.41. The minimum absolute atomic E-state index is 0.0175. The van der Waals surface area contributed by atoms with E-state index < -0.39 is 0 Å². The van der Waals surface area contributed by atoms with Gasteiger partial charge in [0.1, 0.15) is 0 Å². The lowest BCUT2D eigenvalue weighted by Gasteiger charge is -2.38. The fraction of sp³-hybridized carbons (Fsp3) is 0.407. The lowest BCUT2D eigenvalue weighted by molar-refractivity contribution is 0.0773. The Hall–Kier alpha value is -3.32. The van der Waals surface area contributed by atoms with Crippen molar-refractivity contribution in [1.29, 1.82) is 0 Å². The van der Waals surface area contributed by atoms with Gasteiger partial charge in [-0.3, -0.25) is 9.69 Å². The molecule has 3 aromatic rings. The molecule has 1 aliphatic heterocycles. The highest BCUT2D eigenvalue weighted by molar-refractivity contribution is 5.94. The zero-order valence-electron chi connectivity index (χ0n) is 20.7. The molecule has 1 atom stereocenters. The van der Waals surface area contributed by atoms with E-state index in [-0.39, 0.29) is 11.9 Å². The number of H-pyrrole nitrogens is 1. The molecule has 0 saturated heterocycles. The van der Waals surface area contributed by atoms with Crippen molar-refractivity contribution in [1.82, 2.24) is 19.8 Å². The van der Waals surface area contributed by atoms with E-state index in [1.807, 2.05) is 37.8 Å². The summed E-state index contributed by atoms with van der Waals surface area (Å²) in [7, 11) is 3.34. The number of rotatable bonds is 8. The number of benzene rings is 2. The number of methoxy groups -OCH3 is 2. The van der Waals surface area contributed by atoms with E-state index >= 15 is 0 Å². The average molecular weight is 463 g/mol. The molecule has 0 aliphatic carbocycles. The van der Waals surface area contributed by atoms with Crippen LogP contribution in [0.5, 0.6) is 11.5 Å². The number of aromatic amines is 1. The first-order valence-electron chi connectivity index (χ1n) is 11.9. The number of hydrogen-bond donors (Lipinski definition) is 1. The largest absolute Gasteiger partial charge is 0.493 e. The summed E-state index contributed by atoms with van der Waals surface area (Å²) in [6, 6.07) is 12.3. The molecule has 180 valence electrons. The maximum atomic E-state index is 12.8. The second-order valence-corrected chi connectivity index (χ2v) is 8.59. The number of aryl methyl sites for hydroxylation is 1. The molecule has 7 nitrogen and oxygen atoms in total. The van der Waals surface area contributed by atoms with Gasteiger partial charge >= 0.3 is 0 Å². The maximum absolute atomic E-state index is 12.8. The van der Waals surface area contributed by atoms with Gasteiger partial charge in [0, 0.05) is 31.7 Å². The zero-order chi connectivity index (χ0) is 24.2. The molecule has 2 heterocycles. The van der Waals surface area contributed by atoms with Crippen LogP contribution in [0, 0.1) is 6.92 Å². The Balaban J connectivity index is 1.75. The Labute approximate surface area is 201 Å². The lowest BCUT2D eigenvalue weighted by Crippen LogP contribution is -2.36. The first-order chi connectivity index (χ1) is 16.5. The van der Waals surface area contributed by atoms with Crippen LogP contribution in [0.3, 0.4) is 0 Å². The molecule has 1 aromatic heterocycles. The summed E-state index contributed by atoms with van der Waals surface area (Å²) in [6.07, 6.45) is 2.66. The lowest BCUT2D eigenvalue weighted by atomic mass is 9.87. The van der Waals surface area contributed by atoms with Crippen LogP contribution in [0.1, 0.15) is 58.3 Å². The number of aromatic nitrogens is 2. The second kappa shape index (κ2) is 10.3. The minimum Gasteiger partial charge on any atom is -0.493 e. The van der Waals surface area contributed by atoms with Gasteiger partial charge in [0.15, 0.2) is 11.5 Å². The van der Waals surface area contributed by atoms with Gasteiger partial charge in [-0.2, -0.15) is 0 Å². The van der Waals surface area contributed by atoms with E-state index in [4.69, 9.17) is 9.47 Å². The highest BCUT2D eigenvalue weighted by Gasteiger charge is 2.31. The third-order valence-corrected chi connectivity index (χ3v) is 6.79. The molecule has 0 saturated carbocycles. The number of nitrogens with one attached hydrogen (secondary N) is 1. The van der Waals surface area contributed by atoms with Crippen molar-refractivity contribution in [2.75, 3.05) is 33.9 Å². The molecule has 4 rings (SSSR count). The van der Waals surface area contributed by atoms with Crippen molar-refractivity contribution in [3.63, 3.8) is 0 Å². The van der Waals surface area contributed by atoms with Gasteiger partial charge < -0.3 is 19.4 Å². The maximum Gasteiger partial charge on any atom is 0.253 e. The zero-order valence-corrected chi connectivity index (χ0v) is 20.7. The van der Waals surface area contributed by atoms with E-state index in [0.29, 0.717) is 18.7 Å². The van der Waals surface area contributed by atoms with Gasteiger partial charge in [0.25, 0.3) is 5.91 Å². The van der Waals surface area contributed by atoms with Crippen molar-refractivity contribution in [2.24, 2.45) is 0 Å². The van der Waals surface area contributed by atoms with Crippen LogP contribution < -0.4 is 9.47 Å². The Morgan fingerprint density at radius 3 is 2.38 bits per heavy atom. The normalized spacial score (nSPS) is 15.6. The Bertz CT molecular complexity index is 1140. The molecule has 0 radical (unpaired) electrons. The number of hydrogen-bond acceptors (Lipinski definition) is 5. The van der Waals surface area contributed by atoms with Gasteiger partial charge in [-0.05, 0) is 68.1 Å². The first-order valence-corrected chi connectivity index (χ1v) is 11.9. The summed E-state index contributed by atoms with van der Waals surface area (Å²) in [5.74, 6) is 1.54. The van der Waals surface area contributed by atoms with Crippen LogP contribution in [0.2, 0.25) is 0 Å². The quantitative estimate of drug-likeness (QED) is 0.538. The summed E-state index contributed by atoms with van der Waals surface area (Å²) in [5.41, 5.74) is 6.43. The topological polar surface area (TPSA) is 70.7 Å². The number of amides is 1. The van der Waals surface area contributed by atoms with E-state index in [1.54, 1.807) is 20.5 Å². The van der Waals surface area contributed by atoms with Gasteiger partial charge in [-0.1, -0.05) is 12.1 Å². The number of carbonyl (C=O) groups is 1. The van der Waals surface area contributed by atoms with Crippen molar-refractivity contribution in [3.05, 3.63) is 76.4 Å². The molecule has 1 aliphatic rings. The number of fused-ring (bicyclic) bond motifs is 1. The molecule has 2 aromatic carbocycles. The molecular formula is C27H34N4O3. The molecule has 1 N–H and O–H groups in total. The second-order valence-electron chi connectivity index (χ2n) is 8.59. The van der Waals surface area contributed by atoms with Crippen LogP contribution >= 0.6 is 0 Å². The van der Waals surface area contributed by atoms with Crippen molar-refractivity contribution >= 4 is 5.91 Å². The number of nitrogens with zero attached hydrogens (tertiary/aromatic N) is 3. The molecular weight excluding hydrogens is 428 g/mol. The molecule has 0 spiro atoms. The van der Waals surface area contributed by atoms with Crippen molar-refractivity contribution in [3.8, 4) is 11.5 Å². The standard InChI is InChI=1S/C27H34N4O3/c1-6-30(7-2)27(32)20-10-8-19(9-11-20)26-22-15-25(34-5)24(33-4)14-21(22)12-13-31(26)16-23-18(3)28-17-29-23/h8-11,14-15,17,26H,6-7,12-13,16H2,1-5H3,(H,28,29)/t26-/m1/s1. The summed E-state index contributed by atoms with van der Waals surface area (Å²) in [5, 5.41) is 0. The van der Waals surface area contributed by atoms with Gasteiger partial charge in [0.2, 0.25) is 0 Å². The summed E-state index contributed by atoms with van der Waals surface area (Å²) in [4.78, 5) is 24.8. The summed E-state index contributed by atoms with van der Waals surface area (Å²) in [6.45, 7) is 9.09. The molecule has 1 amide bonds. The Kier molecular flexibility index (Phi) is 7.22.